The van der Waals surface area contributed by atoms with Crippen LogP contribution in [0.4, 0.5) is 0 Å². The van der Waals surface area contributed by atoms with Gasteiger partial charge in [-0.2, -0.15) is 0 Å². The lowest BCUT2D eigenvalue weighted by Crippen LogP contribution is -2.02. The average Bonchev–Trinajstić information content (AvgIpc) is 2.82. The van der Waals surface area contributed by atoms with Gasteiger partial charge in [-0.05, 0) is 48.9 Å². The predicted molar refractivity (Wildman–Crippen MR) is 77.2 cm³/mol. The summed E-state index contributed by atoms with van der Waals surface area (Å²) in [6.07, 6.45) is 0.843. The van der Waals surface area contributed by atoms with Crippen molar-refractivity contribution in [3.8, 4) is 11.5 Å². The molecule has 0 aliphatic heterocycles. The number of oxazole rings is 1. The smallest absolute Gasteiger partial charge is 0.227 e. The van der Waals surface area contributed by atoms with Gasteiger partial charge in [-0.25, -0.2) is 4.98 Å². The molecule has 1 heterocycles. The number of aromatic nitrogens is 1. The third kappa shape index (κ3) is 2.48. The van der Waals surface area contributed by atoms with Crippen LogP contribution >= 0.6 is 11.6 Å². The maximum Gasteiger partial charge on any atom is 0.227 e. The molecule has 2 aromatic carbocycles. The summed E-state index contributed by atoms with van der Waals surface area (Å²) in [5.74, 6) is 0.586. The van der Waals surface area contributed by atoms with E-state index in [2.05, 4.69) is 4.98 Å². The van der Waals surface area contributed by atoms with Gasteiger partial charge in [-0.1, -0.05) is 23.7 Å². The molecule has 0 aliphatic carbocycles. The highest BCUT2D eigenvalue weighted by atomic mass is 35.5. The van der Waals surface area contributed by atoms with Gasteiger partial charge < -0.3 is 10.2 Å². The number of benzene rings is 2. The lowest BCUT2D eigenvalue weighted by Gasteiger charge is -1.95. The van der Waals surface area contributed by atoms with Gasteiger partial charge in [-0.15, -0.1) is 0 Å². The van der Waals surface area contributed by atoms with Crippen LogP contribution in [0.1, 0.15) is 5.56 Å². The van der Waals surface area contributed by atoms with E-state index in [-0.39, 0.29) is 0 Å². The van der Waals surface area contributed by atoms with Gasteiger partial charge in [0, 0.05) is 10.6 Å². The number of nitrogens with two attached hydrogens (primary N) is 1. The molecule has 4 heteroatoms. The van der Waals surface area contributed by atoms with E-state index in [1.807, 2.05) is 42.5 Å². The van der Waals surface area contributed by atoms with Crippen molar-refractivity contribution in [2.75, 3.05) is 6.54 Å². The summed E-state index contributed by atoms with van der Waals surface area (Å²) in [5, 5.41) is 0.670. The molecular formula is C15H13ClN2O. The molecule has 0 bridgehead atoms. The van der Waals surface area contributed by atoms with Crippen LogP contribution in [0, 0.1) is 0 Å². The number of fused-ring (bicyclic) bond motifs is 1. The minimum Gasteiger partial charge on any atom is -0.436 e. The van der Waals surface area contributed by atoms with Gasteiger partial charge in [0.2, 0.25) is 5.89 Å². The Balaban J connectivity index is 2.06. The molecule has 19 heavy (non-hydrogen) atoms. The molecular weight excluding hydrogens is 260 g/mol. The Morgan fingerprint density at radius 2 is 2.05 bits per heavy atom. The van der Waals surface area contributed by atoms with E-state index in [1.54, 1.807) is 0 Å². The highest BCUT2D eigenvalue weighted by molar-refractivity contribution is 6.30. The third-order valence-corrected chi connectivity index (χ3v) is 3.19. The molecule has 0 atom stereocenters. The fourth-order valence-electron chi connectivity index (χ4n) is 2.04. The minimum absolute atomic E-state index is 0.586. The fraction of sp³-hybridized carbons (Fsp3) is 0.133. The first-order chi connectivity index (χ1) is 9.26. The molecule has 0 unspecified atom stereocenters. The zero-order valence-corrected chi connectivity index (χ0v) is 11.0. The molecule has 3 aromatic rings. The van der Waals surface area contributed by atoms with E-state index in [0.29, 0.717) is 17.5 Å². The molecule has 0 spiro atoms. The van der Waals surface area contributed by atoms with Crippen LogP contribution in [0.3, 0.4) is 0 Å². The maximum atomic E-state index is 5.98. The molecule has 96 valence electrons. The van der Waals surface area contributed by atoms with Crippen molar-refractivity contribution in [3.63, 3.8) is 0 Å². The van der Waals surface area contributed by atoms with Crippen molar-refractivity contribution in [1.29, 1.82) is 0 Å². The normalized spacial score (nSPS) is 11.1. The Bertz CT molecular complexity index is 721. The standard InChI is InChI=1S/C15H13ClN2O/c16-12-3-1-2-11(9-12)15-18-13-8-10(6-7-17)4-5-14(13)19-15/h1-5,8-9H,6-7,17H2. The first-order valence-corrected chi connectivity index (χ1v) is 6.49. The molecule has 3 nitrogen and oxygen atoms in total. The summed E-state index contributed by atoms with van der Waals surface area (Å²) in [7, 11) is 0. The second-order valence-electron chi connectivity index (χ2n) is 4.37. The van der Waals surface area contributed by atoms with Crippen LogP contribution in [0.25, 0.3) is 22.6 Å². The lowest BCUT2D eigenvalue weighted by molar-refractivity contribution is 0.620. The van der Waals surface area contributed by atoms with Crippen LogP contribution < -0.4 is 5.73 Å². The first-order valence-electron chi connectivity index (χ1n) is 6.12. The largest absolute Gasteiger partial charge is 0.436 e. The van der Waals surface area contributed by atoms with Gasteiger partial charge in [0.1, 0.15) is 5.52 Å². The Kier molecular flexibility index (Phi) is 3.23. The fourth-order valence-corrected chi connectivity index (χ4v) is 2.23. The molecule has 3 rings (SSSR count). The Hall–Kier alpha value is -1.84. The van der Waals surface area contributed by atoms with Crippen molar-refractivity contribution in [2.24, 2.45) is 5.73 Å². The molecule has 0 aliphatic rings. The van der Waals surface area contributed by atoms with Gasteiger partial charge >= 0.3 is 0 Å². The van der Waals surface area contributed by atoms with Crippen molar-refractivity contribution in [3.05, 3.63) is 53.1 Å². The second kappa shape index (κ2) is 5.03. The van der Waals surface area contributed by atoms with E-state index >= 15 is 0 Å². The van der Waals surface area contributed by atoms with Crippen LogP contribution in [0.2, 0.25) is 5.02 Å². The van der Waals surface area contributed by atoms with E-state index in [4.69, 9.17) is 21.8 Å². The van der Waals surface area contributed by atoms with Gasteiger partial charge in [0.15, 0.2) is 5.58 Å². The number of rotatable bonds is 3. The SMILES string of the molecule is NCCc1ccc2oc(-c3cccc(Cl)c3)nc2c1. The molecule has 0 radical (unpaired) electrons. The lowest BCUT2D eigenvalue weighted by atomic mass is 10.1. The van der Waals surface area contributed by atoms with E-state index in [1.165, 1.54) is 5.56 Å². The molecule has 1 aromatic heterocycles. The van der Waals surface area contributed by atoms with Crippen LogP contribution in [-0.4, -0.2) is 11.5 Å². The molecule has 0 fully saturated rings. The summed E-state index contributed by atoms with van der Waals surface area (Å²) in [5.41, 5.74) is 9.23. The summed E-state index contributed by atoms with van der Waals surface area (Å²) in [4.78, 5) is 4.50. The monoisotopic (exact) mass is 272 g/mol. The summed E-state index contributed by atoms with van der Waals surface area (Å²) in [6.45, 7) is 0.629. The minimum atomic E-state index is 0.586. The third-order valence-electron chi connectivity index (χ3n) is 2.96. The highest BCUT2D eigenvalue weighted by Gasteiger charge is 2.08. The summed E-state index contributed by atoms with van der Waals surface area (Å²) in [6, 6.07) is 13.4. The summed E-state index contributed by atoms with van der Waals surface area (Å²) >= 11 is 5.98. The quantitative estimate of drug-likeness (QED) is 0.792. The predicted octanol–water partition coefficient (Wildman–Crippen LogP) is 3.65. The number of halogens is 1. The van der Waals surface area contributed by atoms with Gasteiger partial charge in [-0.3, -0.25) is 0 Å². The van der Waals surface area contributed by atoms with Crippen molar-refractivity contribution in [1.82, 2.24) is 4.98 Å². The Labute approximate surface area is 116 Å². The molecule has 0 amide bonds. The molecule has 2 N–H and O–H groups in total. The van der Waals surface area contributed by atoms with Gasteiger partial charge in [0.05, 0.1) is 0 Å². The van der Waals surface area contributed by atoms with E-state index in [9.17, 15) is 0 Å². The zero-order valence-electron chi connectivity index (χ0n) is 10.3. The number of hydrogen-bond acceptors (Lipinski definition) is 3. The summed E-state index contributed by atoms with van der Waals surface area (Å²) < 4.78 is 5.74. The second-order valence-corrected chi connectivity index (χ2v) is 4.81. The topological polar surface area (TPSA) is 52.0 Å². The van der Waals surface area contributed by atoms with Gasteiger partial charge in [0.25, 0.3) is 0 Å². The van der Waals surface area contributed by atoms with Crippen LogP contribution in [0.5, 0.6) is 0 Å². The average molecular weight is 273 g/mol. The van der Waals surface area contributed by atoms with Crippen molar-refractivity contribution < 1.29 is 4.42 Å². The maximum absolute atomic E-state index is 5.98. The molecule has 0 saturated carbocycles. The van der Waals surface area contributed by atoms with Crippen LogP contribution in [-0.2, 0) is 6.42 Å². The van der Waals surface area contributed by atoms with E-state index in [0.717, 1.165) is 23.1 Å². The highest BCUT2D eigenvalue weighted by Crippen LogP contribution is 2.26. The number of hydrogen-bond donors (Lipinski definition) is 1. The molecule has 0 saturated heterocycles. The number of nitrogens with zero attached hydrogens (tertiary/aromatic N) is 1. The van der Waals surface area contributed by atoms with E-state index < -0.39 is 0 Å². The van der Waals surface area contributed by atoms with Crippen molar-refractivity contribution in [2.45, 2.75) is 6.42 Å². The van der Waals surface area contributed by atoms with Crippen molar-refractivity contribution >= 4 is 22.7 Å². The van der Waals surface area contributed by atoms with Crippen LogP contribution in [0.15, 0.2) is 46.9 Å². The Morgan fingerprint density at radius 3 is 2.84 bits per heavy atom. The zero-order chi connectivity index (χ0) is 13.2. The first kappa shape index (κ1) is 12.2. The Morgan fingerprint density at radius 1 is 1.16 bits per heavy atom.